The number of piperazine rings is 1. The Labute approximate surface area is 347 Å². The number of hydrogen-bond acceptors (Lipinski definition) is 10. The molecule has 0 bridgehead atoms. The lowest BCUT2D eigenvalue weighted by Gasteiger charge is -2.36. The maximum absolute atomic E-state index is 10.8. The number of anilines is 1. The van der Waals surface area contributed by atoms with Crippen molar-refractivity contribution in [3.8, 4) is 0 Å². The summed E-state index contributed by atoms with van der Waals surface area (Å²) in [6.07, 6.45) is 7.78. The molecule has 1 aliphatic heterocycles. The molecule has 1 fully saturated rings. The van der Waals surface area contributed by atoms with E-state index in [-0.39, 0.29) is 41.2 Å². The van der Waals surface area contributed by atoms with Crippen LogP contribution < -0.4 is 5.73 Å². The zero-order valence-electron chi connectivity index (χ0n) is 38.7. The van der Waals surface area contributed by atoms with Crippen LogP contribution in [-0.2, 0) is 20.7 Å². The molecule has 1 aromatic carbocycles. The van der Waals surface area contributed by atoms with E-state index in [1.54, 1.807) is 13.8 Å². The monoisotopic (exact) mass is 798 g/mol. The molecule has 4 N–H and O–H groups in total. The van der Waals surface area contributed by atoms with Crippen LogP contribution in [-0.4, -0.2) is 107 Å². The second-order valence-electron chi connectivity index (χ2n) is 19.2. The van der Waals surface area contributed by atoms with Crippen molar-refractivity contribution in [2.75, 3.05) is 64.8 Å². The van der Waals surface area contributed by atoms with Gasteiger partial charge in [-0.25, -0.2) is 4.98 Å². The molecule has 10 nitrogen and oxygen atoms in total. The minimum absolute atomic E-state index is 0.0632. The normalized spacial score (nSPS) is 14.8. The fraction of sp³-hybridized carbons (Fsp3) is 0.745. The Morgan fingerprint density at radius 1 is 0.895 bits per heavy atom. The number of fused-ring (bicyclic) bond motifs is 1. The third kappa shape index (κ3) is 20.2. The van der Waals surface area contributed by atoms with Crippen molar-refractivity contribution in [1.29, 1.82) is 0 Å². The highest BCUT2D eigenvalue weighted by Gasteiger charge is 2.27. The molecule has 2 aromatic rings. The number of rotatable bonds is 19. The van der Waals surface area contributed by atoms with E-state index in [0.29, 0.717) is 12.2 Å². The predicted octanol–water partition coefficient (Wildman–Crippen LogP) is 9.16. The van der Waals surface area contributed by atoms with Crippen LogP contribution in [0.1, 0.15) is 146 Å². The average Bonchev–Trinajstić information content (AvgIpc) is 3.11. The number of ketones is 2. The van der Waals surface area contributed by atoms with Gasteiger partial charge in [0, 0.05) is 61.1 Å². The molecule has 0 saturated carbocycles. The number of nitrogen functional groups attached to an aromatic ring is 1. The van der Waals surface area contributed by atoms with Crippen molar-refractivity contribution < 1.29 is 24.5 Å². The Balaban J connectivity index is 0.000000744. The largest absolute Gasteiger partial charge is 0.396 e. The van der Waals surface area contributed by atoms with E-state index in [4.69, 9.17) is 30.7 Å². The van der Waals surface area contributed by atoms with E-state index in [1.807, 2.05) is 13.8 Å². The Kier molecular flexibility index (Phi) is 22.3. The lowest BCUT2D eigenvalue weighted by Crippen LogP contribution is -2.48. The van der Waals surface area contributed by atoms with E-state index < -0.39 is 5.41 Å². The summed E-state index contributed by atoms with van der Waals surface area (Å²) >= 11 is 0. The SMILES string of the molecule is CC(=O)CC(C)(C)C(C)=O.CCC(C)(CO)CO.CCCCC(C)=Nc1c(N)nc2cc(CCCN3CCN(CCOC(C)(C)CC(C)(C)C)CC3)ccc2c1C. The highest BCUT2D eigenvalue weighted by atomic mass is 16.5. The number of carbonyl (C=O) groups is 2. The first kappa shape index (κ1) is 52.3. The summed E-state index contributed by atoms with van der Waals surface area (Å²) in [5, 5.41) is 18.4. The molecule has 2 heterocycles. The number of benzene rings is 1. The van der Waals surface area contributed by atoms with Crippen LogP contribution in [0.5, 0.6) is 0 Å². The highest BCUT2D eigenvalue weighted by molar-refractivity contribution is 5.93. The smallest absolute Gasteiger partial charge is 0.150 e. The molecular weight excluding hydrogens is 715 g/mol. The fourth-order valence-electron chi connectivity index (χ4n) is 7.01. The average molecular weight is 798 g/mol. The van der Waals surface area contributed by atoms with Crippen LogP contribution in [0.2, 0.25) is 0 Å². The van der Waals surface area contributed by atoms with Gasteiger partial charge >= 0.3 is 0 Å². The molecular formula is C47H83N5O5. The number of aryl methyl sites for hydroxylation is 2. The number of carbonyl (C=O) groups excluding carboxylic acids is 2. The quantitative estimate of drug-likeness (QED) is 0.119. The van der Waals surface area contributed by atoms with E-state index in [1.165, 1.54) is 25.8 Å². The molecule has 1 saturated heterocycles. The summed E-state index contributed by atoms with van der Waals surface area (Å²) in [5.74, 6) is 0.678. The molecule has 57 heavy (non-hydrogen) atoms. The van der Waals surface area contributed by atoms with E-state index >= 15 is 0 Å². The number of unbranched alkanes of at least 4 members (excludes halogenated alkanes) is 1. The Hall–Kier alpha value is -2.76. The maximum atomic E-state index is 10.8. The molecule has 326 valence electrons. The topological polar surface area (TPSA) is 142 Å². The molecule has 1 aromatic heterocycles. The minimum atomic E-state index is -0.466. The molecule has 10 heteroatoms. The number of nitrogens with zero attached hydrogens (tertiary/aromatic N) is 4. The number of aliphatic hydroxyl groups is 2. The molecule has 1 aliphatic rings. The summed E-state index contributed by atoms with van der Waals surface area (Å²) in [6.45, 7) is 35.8. The van der Waals surface area contributed by atoms with Gasteiger partial charge in [-0.05, 0) is 109 Å². The van der Waals surface area contributed by atoms with Gasteiger partial charge in [-0.2, -0.15) is 0 Å². The number of aliphatic imine (C=N–C) groups is 1. The third-order valence-corrected chi connectivity index (χ3v) is 11.0. The zero-order chi connectivity index (χ0) is 43.6. The molecule has 0 amide bonds. The lowest BCUT2D eigenvalue weighted by molar-refractivity contribution is -0.130. The lowest BCUT2D eigenvalue weighted by atomic mass is 9.84. The number of Topliss-reactive ketones (excluding diaryl/α,β-unsaturated/α-hetero) is 2. The van der Waals surface area contributed by atoms with Gasteiger partial charge in [0.05, 0.1) is 30.9 Å². The summed E-state index contributed by atoms with van der Waals surface area (Å²) < 4.78 is 6.26. The molecule has 0 aliphatic carbocycles. The second-order valence-corrected chi connectivity index (χ2v) is 19.2. The number of nitrogens with two attached hydrogens (primary N) is 1. The number of hydrogen-bond donors (Lipinski definition) is 3. The molecule has 0 unspecified atom stereocenters. The number of pyridine rings is 1. The van der Waals surface area contributed by atoms with Crippen LogP contribution in [0, 0.1) is 23.2 Å². The fourth-order valence-corrected chi connectivity index (χ4v) is 7.01. The summed E-state index contributed by atoms with van der Waals surface area (Å²) in [5.41, 5.74) is 11.3. The van der Waals surface area contributed by atoms with Crippen LogP contribution in [0.15, 0.2) is 23.2 Å². The van der Waals surface area contributed by atoms with Crippen molar-refractivity contribution >= 4 is 39.7 Å². The standard InChI is InChI=1S/C33H55N5O.C8H14O2.C6H14O2/c1-9-10-12-25(2)35-30-26(3)28-15-14-27(23-29(28)36-31(30)34)13-11-16-37-17-19-38(20-18-37)21-22-39-33(7,8)24-32(4,5)6;1-6(9)5-8(3,4)7(2)10;1-3-6(2,4-7)5-8/h14-15,23H,9-13,16-22,24H2,1-8H3,(H2,34,36);5H2,1-4H3;7-8H,3-5H2,1-2H3. The number of aliphatic hydroxyl groups excluding tert-OH is 2. The summed E-state index contributed by atoms with van der Waals surface area (Å²) in [4.78, 5) is 36.2. The third-order valence-electron chi connectivity index (χ3n) is 11.0. The first-order valence-corrected chi connectivity index (χ1v) is 21.4. The first-order valence-electron chi connectivity index (χ1n) is 21.4. The van der Waals surface area contributed by atoms with Crippen LogP contribution in [0.3, 0.4) is 0 Å². The van der Waals surface area contributed by atoms with E-state index in [2.05, 4.69) is 83.4 Å². The Bertz CT molecular complexity index is 1540. The molecule has 0 atom stereocenters. The van der Waals surface area contributed by atoms with Crippen molar-refractivity contribution in [3.63, 3.8) is 0 Å². The second kappa shape index (κ2) is 24.4. The zero-order valence-corrected chi connectivity index (χ0v) is 38.7. The van der Waals surface area contributed by atoms with Gasteiger partial charge in [0.25, 0.3) is 0 Å². The number of aromatic nitrogens is 1. The van der Waals surface area contributed by atoms with Crippen molar-refractivity contribution in [2.24, 2.45) is 21.2 Å². The van der Waals surface area contributed by atoms with Crippen molar-refractivity contribution in [3.05, 3.63) is 29.3 Å². The Morgan fingerprint density at radius 2 is 1.47 bits per heavy atom. The molecule has 0 spiro atoms. The van der Waals surface area contributed by atoms with Gasteiger partial charge < -0.3 is 25.6 Å². The predicted molar refractivity (Wildman–Crippen MR) is 241 cm³/mol. The van der Waals surface area contributed by atoms with E-state index in [9.17, 15) is 9.59 Å². The van der Waals surface area contributed by atoms with Gasteiger partial charge in [-0.1, -0.05) is 73.9 Å². The Morgan fingerprint density at radius 3 is 1.93 bits per heavy atom. The van der Waals surface area contributed by atoms with Crippen LogP contribution in [0.25, 0.3) is 10.9 Å². The number of ether oxygens (including phenoxy) is 1. The maximum Gasteiger partial charge on any atom is 0.150 e. The summed E-state index contributed by atoms with van der Waals surface area (Å²) in [7, 11) is 0. The highest BCUT2D eigenvalue weighted by Crippen LogP contribution is 2.33. The minimum Gasteiger partial charge on any atom is -0.396 e. The van der Waals surface area contributed by atoms with Gasteiger partial charge in [-0.3, -0.25) is 19.5 Å². The summed E-state index contributed by atoms with van der Waals surface area (Å²) in [6, 6.07) is 6.68. The molecule has 3 rings (SSSR count). The first-order chi connectivity index (χ1) is 26.4. The van der Waals surface area contributed by atoms with Crippen molar-refractivity contribution in [1.82, 2.24) is 14.8 Å². The van der Waals surface area contributed by atoms with Gasteiger partial charge in [-0.15, -0.1) is 0 Å². The van der Waals surface area contributed by atoms with E-state index in [0.717, 1.165) is 112 Å². The van der Waals surface area contributed by atoms with Gasteiger partial charge in [0.15, 0.2) is 0 Å². The van der Waals surface area contributed by atoms with Crippen LogP contribution in [0.4, 0.5) is 11.5 Å². The van der Waals surface area contributed by atoms with Crippen LogP contribution >= 0.6 is 0 Å². The van der Waals surface area contributed by atoms with Crippen molar-refractivity contribution in [2.45, 2.75) is 154 Å². The van der Waals surface area contributed by atoms with Gasteiger partial charge in [0.1, 0.15) is 23.1 Å². The van der Waals surface area contributed by atoms with Gasteiger partial charge in [0.2, 0.25) is 0 Å². The molecule has 0 radical (unpaired) electrons.